The second-order valence-electron chi connectivity index (χ2n) is 26.4. The number of quaternary nitrogens is 3. The summed E-state index contributed by atoms with van der Waals surface area (Å²) in [7, 11) is 0. The zero-order valence-corrected chi connectivity index (χ0v) is 62.2. The maximum absolute atomic E-state index is 14.2. The Morgan fingerprint density at radius 3 is 1.50 bits per heavy atom. The van der Waals surface area contributed by atoms with Gasteiger partial charge in [-0.1, -0.05) is 98.4 Å². The molecule has 26 nitrogen and oxygen atoms in total. The van der Waals surface area contributed by atoms with E-state index in [-0.39, 0.29) is 108 Å². The quantitative estimate of drug-likeness (QED) is 0.0143. The third-order valence-corrected chi connectivity index (χ3v) is 14.5. The number of benzene rings is 4. The molecule has 0 aliphatic rings. The summed E-state index contributed by atoms with van der Waals surface area (Å²) in [4.78, 5) is 130. The highest BCUT2D eigenvalue weighted by atomic mass is 35.5. The van der Waals surface area contributed by atoms with Crippen LogP contribution < -0.4 is 109 Å². The van der Waals surface area contributed by atoms with Crippen molar-refractivity contribution in [3.63, 3.8) is 0 Å². The van der Waals surface area contributed by atoms with E-state index in [2.05, 4.69) is 64.4 Å². The first-order valence-corrected chi connectivity index (χ1v) is 32.9. The number of nitrogens with one attached hydrogen (secondary N) is 8. The normalized spacial score (nSPS) is 12.0. The second-order valence-corrected chi connectivity index (χ2v) is 26.4. The minimum atomic E-state index is -1.48. The molecule has 4 atom stereocenters. The maximum Gasteiger partial charge on any atom is 0.408 e. The summed E-state index contributed by atoms with van der Waals surface area (Å²) in [6, 6.07) is 33.9. The van der Waals surface area contributed by atoms with Crippen molar-refractivity contribution in [1.29, 1.82) is 0 Å². The molecule has 2 aromatic heterocycles. The molecule has 2 heterocycles. The molecule has 6 aromatic rings. The Hall–Kier alpha value is -8.63. The van der Waals surface area contributed by atoms with Crippen LogP contribution in [0.4, 0.5) is 25.8 Å². The van der Waals surface area contributed by atoms with Crippen molar-refractivity contribution in [1.82, 2.24) is 41.4 Å². The number of ether oxygens (including phenoxy) is 3. The van der Waals surface area contributed by atoms with Crippen molar-refractivity contribution < 1.29 is 129 Å². The molecular weight excluding hydrogens is 1390 g/mol. The average molecular weight is 1500 g/mol. The number of rotatable bonds is 31. The Balaban J connectivity index is 0.00000206. The van der Waals surface area contributed by atoms with Gasteiger partial charge in [0.25, 0.3) is 5.91 Å². The van der Waals surface area contributed by atoms with E-state index in [1.807, 2.05) is 115 Å². The van der Waals surface area contributed by atoms with Gasteiger partial charge in [0, 0.05) is 56.0 Å². The summed E-state index contributed by atoms with van der Waals surface area (Å²) in [6.45, 7) is 18.0. The number of aromatic nitrogens is 2. The van der Waals surface area contributed by atoms with E-state index < -0.39 is 89.3 Å². The number of hydrogen-bond acceptors (Lipinski definition) is 13. The van der Waals surface area contributed by atoms with Crippen LogP contribution in [0.15, 0.2) is 134 Å². The molecule has 17 N–H and O–H groups in total. The molecule has 564 valence electrons. The van der Waals surface area contributed by atoms with E-state index in [4.69, 9.17) is 14.2 Å². The van der Waals surface area contributed by atoms with Crippen LogP contribution in [-0.4, -0.2) is 162 Å². The Kier molecular flexibility index (Phi) is 42.8. The number of alkyl carbamates (subject to hydrolysis) is 3. The number of fused-ring (bicyclic) bond motifs is 2. The van der Waals surface area contributed by atoms with Gasteiger partial charge in [-0.15, -0.1) is 0 Å². The molecule has 0 unspecified atom stereocenters. The summed E-state index contributed by atoms with van der Waals surface area (Å²) in [5.74, 6) is -2.78. The fraction of sp³-hybridized carbons (Fsp3) is 0.458. The topological polar surface area (TPSA) is 382 Å². The Morgan fingerprint density at radius 1 is 0.490 bits per heavy atom. The van der Waals surface area contributed by atoms with Gasteiger partial charge in [0.2, 0.25) is 35.1 Å². The predicted octanol–water partition coefficient (Wildman–Crippen LogP) is -7.09. The number of amides is 9. The molecule has 0 fully saturated rings. The van der Waals surface area contributed by atoms with Crippen LogP contribution in [0, 0.1) is 0 Å². The molecule has 9 amide bonds. The summed E-state index contributed by atoms with van der Waals surface area (Å²) < 4.78 is 16.1. The number of nitrogens with zero attached hydrogens (tertiary/aromatic N) is 3. The molecule has 0 spiro atoms. The summed E-state index contributed by atoms with van der Waals surface area (Å²) in [6.07, 6.45) is 3.13. The zero-order valence-electron chi connectivity index (χ0n) is 59.2. The average Bonchev–Trinajstić information content (AvgIpc) is 0.842. The van der Waals surface area contributed by atoms with E-state index in [1.165, 1.54) is 11.1 Å². The number of aryl methyl sites for hydroxylation is 2. The molecule has 0 aliphatic carbocycles. The third-order valence-electron chi connectivity index (χ3n) is 14.5. The zero-order chi connectivity index (χ0) is 71.1. The van der Waals surface area contributed by atoms with Gasteiger partial charge in [-0.25, -0.2) is 19.4 Å². The van der Waals surface area contributed by atoms with E-state index in [1.54, 1.807) is 79.5 Å². The number of halogens is 4. The molecular formula is C72H106Cl4N14O12. The van der Waals surface area contributed by atoms with Gasteiger partial charge in [-0.3, -0.25) is 33.8 Å². The van der Waals surface area contributed by atoms with Gasteiger partial charge in [-0.2, -0.15) is 0 Å². The van der Waals surface area contributed by atoms with Crippen LogP contribution in [0.1, 0.15) is 119 Å². The minimum absolute atomic E-state index is 0. The Morgan fingerprint density at radius 2 is 0.951 bits per heavy atom. The number of H-pyrrole nitrogens is 1. The molecule has 0 saturated carbocycles. The minimum Gasteiger partial charge on any atom is -1.00 e. The lowest BCUT2D eigenvalue weighted by Gasteiger charge is -2.28. The lowest BCUT2D eigenvalue weighted by molar-refractivity contribution is -0.403. The number of anilines is 2. The number of carbonyl (C=O) groups is 9. The molecule has 0 bridgehead atoms. The molecule has 0 aliphatic heterocycles. The van der Waals surface area contributed by atoms with Gasteiger partial charge >= 0.3 is 18.3 Å². The van der Waals surface area contributed by atoms with E-state index in [0.717, 1.165) is 45.9 Å². The Labute approximate surface area is 624 Å². The summed E-state index contributed by atoms with van der Waals surface area (Å²) in [5.41, 5.74) is 13.9. The van der Waals surface area contributed by atoms with Crippen LogP contribution in [0.3, 0.4) is 0 Å². The monoisotopic (exact) mass is 1500 g/mol. The molecule has 30 heteroatoms. The van der Waals surface area contributed by atoms with Crippen molar-refractivity contribution in [3.8, 4) is 0 Å². The third kappa shape index (κ3) is 35.8. The second kappa shape index (κ2) is 46.8. The van der Waals surface area contributed by atoms with Gasteiger partial charge in [0.1, 0.15) is 40.6 Å². The number of pyridine rings is 2. The van der Waals surface area contributed by atoms with Crippen LogP contribution >= 0.6 is 0 Å². The SMILES string of the molecule is C.CC(C)(C)OC(=O)NCCCN(CCNC(=O)OC(C)(C)C)C(=O)C[C@H](NC(=O)OC(C)(C)C)C(=O)N[C@@H](CCc1ccccc1)C(=O)Nc1cnc2ccccc2c1.[Cl-].[Cl-].[Cl-].[Cl-].[NH3+]CCCN(CC[NH3+])C(=O)C[C@H]([NH3+])C(=O)N[C@@H](CCc1ccccc1)C(=O)Nc1c[nH+]c2ccccc2c1. The van der Waals surface area contributed by atoms with E-state index in [0.29, 0.717) is 56.7 Å². The first-order valence-electron chi connectivity index (χ1n) is 32.9. The van der Waals surface area contributed by atoms with Crippen molar-refractivity contribution in [2.24, 2.45) is 0 Å². The van der Waals surface area contributed by atoms with Crippen LogP contribution in [0.25, 0.3) is 21.8 Å². The number of para-hydroxylation sites is 2. The van der Waals surface area contributed by atoms with Crippen LogP contribution in [0.5, 0.6) is 0 Å². The largest absolute Gasteiger partial charge is 1.00 e. The summed E-state index contributed by atoms with van der Waals surface area (Å²) in [5, 5.41) is 21.0. The van der Waals surface area contributed by atoms with Crippen molar-refractivity contribution in [3.05, 3.63) is 145 Å². The molecule has 102 heavy (non-hydrogen) atoms. The van der Waals surface area contributed by atoms with E-state index >= 15 is 0 Å². The van der Waals surface area contributed by atoms with Gasteiger partial charge < -0.3 is 128 Å². The lowest BCUT2D eigenvalue weighted by Crippen LogP contribution is -3.00. The van der Waals surface area contributed by atoms with Crippen molar-refractivity contribution >= 4 is 86.9 Å². The van der Waals surface area contributed by atoms with E-state index in [9.17, 15) is 43.2 Å². The molecule has 0 saturated heterocycles. The van der Waals surface area contributed by atoms with Crippen LogP contribution in [0.2, 0.25) is 0 Å². The number of carbonyl (C=O) groups excluding carboxylic acids is 9. The molecule has 4 aromatic carbocycles. The van der Waals surface area contributed by atoms with Crippen molar-refractivity contribution in [2.45, 2.75) is 162 Å². The smallest absolute Gasteiger partial charge is 0.408 e. The number of hydrogen-bond donors (Lipinski definition) is 10. The lowest BCUT2D eigenvalue weighted by atomic mass is 10.0. The fourth-order valence-electron chi connectivity index (χ4n) is 9.79. The Bertz CT molecular complexity index is 3570. The van der Waals surface area contributed by atoms with Gasteiger partial charge in [-0.05, 0) is 130 Å². The molecule has 0 radical (unpaired) electrons. The van der Waals surface area contributed by atoms with Gasteiger partial charge in [0.15, 0.2) is 12.2 Å². The molecule has 6 rings (SSSR count). The summed E-state index contributed by atoms with van der Waals surface area (Å²) >= 11 is 0. The first kappa shape index (κ1) is 93.4. The highest BCUT2D eigenvalue weighted by Crippen LogP contribution is 2.19. The fourth-order valence-corrected chi connectivity index (χ4v) is 9.79. The van der Waals surface area contributed by atoms with Gasteiger partial charge in [0.05, 0.1) is 49.9 Å². The number of aromatic amines is 1. The predicted molar refractivity (Wildman–Crippen MR) is 375 cm³/mol. The van der Waals surface area contributed by atoms with Crippen molar-refractivity contribution in [2.75, 3.05) is 63.0 Å². The first-order chi connectivity index (χ1) is 46.0. The standard InChI is InChI=1S/C43H61N7O9.C28H37N7O3.CH4.4ClH/c1-41(2,3)57-38(54)44-22-15-24-50(25-23-45-39(55)58-42(4,5)6)35(51)27-34(49-40(56)59-43(7,8)9)37(53)48-33(21-20-29-16-11-10-12-17-29)36(52)47-31-26-30-18-13-14-19-32(30)46-28-31;29-13-6-15-35(16-14-30)26(36)18-23(31)27(37)34-25(12-11-20-7-2-1-3-8-20)28(38)33-22-17-21-9-4-5-10-24(21)32-19-22;;;;;/h10-14,16-19,26,28,33-34H,15,20-25,27H2,1-9H3,(H,44,54)(H,45,55)(H,47,52)(H,48,53)(H,49,56);1-5,7-10,17,19,23,25H,6,11-16,18,29-31H2,(H,33,38)(H,34,37);1H4;4*1H/t33-,34-;23-,25-;;;;;/m00...../s1. The highest BCUT2D eigenvalue weighted by molar-refractivity contribution is 6.01. The maximum atomic E-state index is 14.2. The van der Waals surface area contributed by atoms with Crippen LogP contribution in [-0.2, 0) is 55.8 Å². The highest BCUT2D eigenvalue weighted by Gasteiger charge is 2.33.